The summed E-state index contributed by atoms with van der Waals surface area (Å²) in [5.41, 5.74) is 0. The number of halogens is 1. The molecule has 1 N–H and O–H groups in total. The van der Waals surface area contributed by atoms with E-state index < -0.39 is 10.8 Å². The molecular formula is C10H14ClN3O4. The number of hydrogen-bond acceptors (Lipinski definition) is 5. The zero-order valence-electron chi connectivity index (χ0n) is 9.79. The van der Waals surface area contributed by atoms with Gasteiger partial charge in [-0.05, 0) is 13.0 Å². The number of piperazine rings is 1. The minimum absolute atomic E-state index is 0. The van der Waals surface area contributed by atoms with Crippen LogP contribution in [0.1, 0.15) is 17.5 Å². The molecule has 1 aliphatic heterocycles. The summed E-state index contributed by atoms with van der Waals surface area (Å²) in [5.74, 6) is -0.686. The molecule has 1 aromatic rings. The number of carbonyl (C=O) groups is 1. The van der Waals surface area contributed by atoms with Crippen LogP contribution in [0.2, 0.25) is 0 Å². The van der Waals surface area contributed by atoms with E-state index in [1.165, 1.54) is 12.1 Å². The van der Waals surface area contributed by atoms with Gasteiger partial charge in [-0.3, -0.25) is 14.9 Å². The molecule has 2 heterocycles. The summed E-state index contributed by atoms with van der Waals surface area (Å²) in [4.78, 5) is 23.4. The van der Waals surface area contributed by atoms with Crippen LogP contribution in [-0.4, -0.2) is 41.4 Å². The first-order chi connectivity index (χ1) is 8.08. The molecule has 100 valence electrons. The Morgan fingerprint density at radius 1 is 1.61 bits per heavy atom. The van der Waals surface area contributed by atoms with E-state index in [0.29, 0.717) is 13.1 Å². The second-order valence-electron chi connectivity index (χ2n) is 4.00. The summed E-state index contributed by atoms with van der Waals surface area (Å²) in [6.45, 7) is 3.85. The van der Waals surface area contributed by atoms with Crippen LogP contribution in [0.3, 0.4) is 0 Å². The van der Waals surface area contributed by atoms with Crippen molar-refractivity contribution in [1.29, 1.82) is 0 Å². The molecule has 2 rings (SSSR count). The molecule has 1 fully saturated rings. The smallest absolute Gasteiger partial charge is 0.395 e. The molecule has 1 aromatic heterocycles. The summed E-state index contributed by atoms with van der Waals surface area (Å²) >= 11 is 0. The Kier molecular flexibility index (Phi) is 4.69. The highest BCUT2D eigenvalue weighted by Gasteiger charge is 2.25. The van der Waals surface area contributed by atoms with Crippen molar-refractivity contribution >= 4 is 24.2 Å². The van der Waals surface area contributed by atoms with Crippen LogP contribution in [0.15, 0.2) is 16.5 Å². The van der Waals surface area contributed by atoms with Gasteiger partial charge in [0.05, 0.1) is 6.07 Å². The predicted molar refractivity (Wildman–Crippen MR) is 66.0 cm³/mol. The maximum absolute atomic E-state index is 12.0. The Bertz CT molecular complexity index is 448. The number of nitrogens with one attached hydrogen (secondary N) is 1. The van der Waals surface area contributed by atoms with Crippen LogP contribution >= 0.6 is 12.4 Å². The molecule has 0 spiro atoms. The van der Waals surface area contributed by atoms with Crippen molar-refractivity contribution in [3.8, 4) is 0 Å². The number of nitro groups is 1. The minimum atomic E-state index is -0.656. The SMILES string of the molecule is CC1CN(C(=O)c2ccc([N+](=O)[O-])o2)CCN1.Cl. The summed E-state index contributed by atoms with van der Waals surface area (Å²) < 4.78 is 4.88. The van der Waals surface area contributed by atoms with Gasteiger partial charge in [0.1, 0.15) is 4.92 Å². The Labute approximate surface area is 110 Å². The normalized spacial score (nSPS) is 19.2. The minimum Gasteiger partial charge on any atom is -0.395 e. The van der Waals surface area contributed by atoms with E-state index in [4.69, 9.17) is 4.42 Å². The highest BCUT2D eigenvalue weighted by Crippen LogP contribution is 2.17. The summed E-state index contributed by atoms with van der Waals surface area (Å²) in [7, 11) is 0. The fourth-order valence-corrected chi connectivity index (χ4v) is 1.81. The second kappa shape index (κ2) is 5.83. The highest BCUT2D eigenvalue weighted by molar-refractivity contribution is 5.91. The van der Waals surface area contributed by atoms with Gasteiger partial charge in [0, 0.05) is 25.7 Å². The number of rotatable bonds is 2. The molecule has 18 heavy (non-hydrogen) atoms. The number of carbonyl (C=O) groups excluding carboxylic acids is 1. The number of amides is 1. The van der Waals surface area contributed by atoms with Crippen molar-refractivity contribution in [3.05, 3.63) is 28.0 Å². The van der Waals surface area contributed by atoms with E-state index in [2.05, 4.69) is 5.32 Å². The van der Waals surface area contributed by atoms with Crippen molar-refractivity contribution in [2.24, 2.45) is 0 Å². The zero-order valence-corrected chi connectivity index (χ0v) is 10.6. The van der Waals surface area contributed by atoms with E-state index in [1.54, 1.807) is 4.90 Å². The van der Waals surface area contributed by atoms with Crippen LogP contribution in [-0.2, 0) is 0 Å². The quantitative estimate of drug-likeness (QED) is 0.643. The molecule has 7 nitrogen and oxygen atoms in total. The third-order valence-corrected chi connectivity index (χ3v) is 2.64. The number of furan rings is 1. The largest absolute Gasteiger partial charge is 0.433 e. The maximum Gasteiger partial charge on any atom is 0.433 e. The molecule has 0 saturated carbocycles. The first-order valence-corrected chi connectivity index (χ1v) is 5.35. The van der Waals surface area contributed by atoms with Gasteiger partial charge in [0.15, 0.2) is 5.76 Å². The van der Waals surface area contributed by atoms with E-state index in [9.17, 15) is 14.9 Å². The van der Waals surface area contributed by atoms with Gasteiger partial charge in [-0.1, -0.05) is 0 Å². The highest BCUT2D eigenvalue weighted by atomic mass is 35.5. The Morgan fingerprint density at radius 3 is 2.89 bits per heavy atom. The standard InChI is InChI=1S/C10H13N3O4.ClH/c1-7-6-12(5-4-11-7)10(14)8-2-3-9(17-8)13(15)16;/h2-3,7,11H,4-6H2,1H3;1H. The van der Waals surface area contributed by atoms with Gasteiger partial charge in [-0.15, -0.1) is 12.4 Å². The molecule has 0 radical (unpaired) electrons. The maximum atomic E-state index is 12.0. The van der Waals surface area contributed by atoms with Gasteiger partial charge < -0.3 is 14.6 Å². The third-order valence-electron chi connectivity index (χ3n) is 2.64. The fraction of sp³-hybridized carbons (Fsp3) is 0.500. The molecule has 1 unspecified atom stereocenters. The molecule has 1 aliphatic rings. The first kappa shape index (κ1) is 14.5. The van der Waals surface area contributed by atoms with E-state index in [1.807, 2.05) is 6.92 Å². The molecule has 1 saturated heterocycles. The molecule has 1 amide bonds. The molecule has 0 aliphatic carbocycles. The Morgan fingerprint density at radius 2 is 2.33 bits per heavy atom. The van der Waals surface area contributed by atoms with Crippen LogP contribution in [0.25, 0.3) is 0 Å². The van der Waals surface area contributed by atoms with Crippen molar-refractivity contribution in [2.45, 2.75) is 13.0 Å². The summed E-state index contributed by atoms with van der Waals surface area (Å²) in [5, 5.41) is 13.7. The van der Waals surface area contributed by atoms with Gasteiger partial charge in [-0.25, -0.2) is 0 Å². The molecule has 8 heteroatoms. The Hall–Kier alpha value is -1.60. The van der Waals surface area contributed by atoms with Crippen molar-refractivity contribution in [1.82, 2.24) is 10.2 Å². The van der Waals surface area contributed by atoms with E-state index in [-0.39, 0.29) is 30.1 Å². The van der Waals surface area contributed by atoms with Gasteiger partial charge >= 0.3 is 5.88 Å². The van der Waals surface area contributed by atoms with Gasteiger partial charge in [0.2, 0.25) is 0 Å². The third kappa shape index (κ3) is 2.99. The van der Waals surface area contributed by atoms with Crippen LogP contribution in [0.5, 0.6) is 0 Å². The van der Waals surface area contributed by atoms with Crippen molar-refractivity contribution in [2.75, 3.05) is 19.6 Å². The fourth-order valence-electron chi connectivity index (χ4n) is 1.81. The lowest BCUT2D eigenvalue weighted by Crippen LogP contribution is -2.51. The van der Waals surface area contributed by atoms with Crippen LogP contribution in [0, 0.1) is 10.1 Å². The van der Waals surface area contributed by atoms with E-state index in [0.717, 1.165) is 6.54 Å². The first-order valence-electron chi connectivity index (χ1n) is 5.35. The topological polar surface area (TPSA) is 88.6 Å². The average molecular weight is 276 g/mol. The second-order valence-corrected chi connectivity index (χ2v) is 4.00. The van der Waals surface area contributed by atoms with Gasteiger partial charge in [-0.2, -0.15) is 0 Å². The summed E-state index contributed by atoms with van der Waals surface area (Å²) in [6.07, 6.45) is 0. The average Bonchev–Trinajstić information content (AvgIpc) is 2.77. The lowest BCUT2D eigenvalue weighted by atomic mass is 10.2. The van der Waals surface area contributed by atoms with Gasteiger partial charge in [0.25, 0.3) is 5.91 Å². The molecule has 0 bridgehead atoms. The number of hydrogen-bond donors (Lipinski definition) is 1. The predicted octanol–water partition coefficient (Wildman–Crippen LogP) is 1.04. The van der Waals surface area contributed by atoms with Crippen molar-refractivity contribution in [3.63, 3.8) is 0 Å². The van der Waals surface area contributed by atoms with E-state index >= 15 is 0 Å². The molecule has 0 aromatic carbocycles. The summed E-state index contributed by atoms with van der Waals surface area (Å²) in [6, 6.07) is 2.75. The lowest BCUT2D eigenvalue weighted by molar-refractivity contribution is -0.402. The zero-order chi connectivity index (χ0) is 12.4. The number of nitrogens with zero attached hydrogens (tertiary/aromatic N) is 2. The molecular weight excluding hydrogens is 262 g/mol. The monoisotopic (exact) mass is 275 g/mol. The van der Waals surface area contributed by atoms with Crippen molar-refractivity contribution < 1.29 is 14.1 Å². The lowest BCUT2D eigenvalue weighted by Gasteiger charge is -2.31. The van der Waals surface area contributed by atoms with Crippen LogP contribution in [0.4, 0.5) is 5.88 Å². The van der Waals surface area contributed by atoms with Crippen LogP contribution < -0.4 is 5.32 Å². The Balaban J connectivity index is 0.00000162. The molecule has 1 atom stereocenters.